The lowest BCUT2D eigenvalue weighted by Crippen LogP contribution is -2.21. The molecule has 0 unspecified atom stereocenters. The van der Waals surface area contributed by atoms with E-state index in [2.05, 4.69) is 15.3 Å². The minimum Gasteiger partial charge on any atom is -0.462 e. The number of anilines is 1. The number of ether oxygens (including phenoxy) is 1. The van der Waals surface area contributed by atoms with E-state index in [-0.39, 0.29) is 17.3 Å². The molecule has 2 heterocycles. The summed E-state index contributed by atoms with van der Waals surface area (Å²) in [6, 6.07) is 4.81. The lowest BCUT2D eigenvalue weighted by atomic mass is 10.1. The lowest BCUT2D eigenvalue weighted by molar-refractivity contribution is 0.0531. The smallest absolute Gasteiger partial charge is 0.350 e. The van der Waals surface area contributed by atoms with Crippen molar-refractivity contribution < 1.29 is 14.3 Å². The number of aromatic nitrogens is 2. The molecule has 0 bridgehead atoms. The van der Waals surface area contributed by atoms with Gasteiger partial charge in [-0.05, 0) is 32.0 Å². The number of H-pyrrole nitrogens is 1. The predicted octanol–water partition coefficient (Wildman–Crippen LogP) is 3.38. The first-order valence-corrected chi connectivity index (χ1v) is 8.87. The van der Waals surface area contributed by atoms with Crippen LogP contribution in [0.25, 0.3) is 10.9 Å². The maximum absolute atomic E-state index is 12.5. The molecular weight excluding hydrogens is 378 g/mol. The van der Waals surface area contributed by atoms with E-state index in [0.29, 0.717) is 26.5 Å². The highest BCUT2D eigenvalue weighted by molar-refractivity contribution is 7.17. The molecule has 2 N–H and O–H groups in total. The minimum atomic E-state index is -0.628. The second kappa shape index (κ2) is 7.27. The first-order valence-electron chi connectivity index (χ1n) is 7.67. The van der Waals surface area contributed by atoms with Gasteiger partial charge in [-0.15, -0.1) is 0 Å². The van der Waals surface area contributed by atoms with Crippen LogP contribution in [0.5, 0.6) is 0 Å². The number of pyridine rings is 1. The van der Waals surface area contributed by atoms with Gasteiger partial charge in [-0.3, -0.25) is 14.9 Å². The van der Waals surface area contributed by atoms with E-state index in [0.717, 1.165) is 11.3 Å². The van der Waals surface area contributed by atoms with Crippen molar-refractivity contribution in [1.82, 2.24) is 9.97 Å². The molecule has 0 saturated heterocycles. The van der Waals surface area contributed by atoms with Crippen molar-refractivity contribution >= 4 is 50.8 Å². The zero-order valence-corrected chi connectivity index (χ0v) is 15.5. The highest BCUT2D eigenvalue weighted by Gasteiger charge is 2.19. The van der Waals surface area contributed by atoms with Crippen molar-refractivity contribution in [3.8, 4) is 0 Å². The Morgan fingerprint density at radius 1 is 1.38 bits per heavy atom. The monoisotopic (exact) mass is 391 g/mol. The molecule has 1 aromatic carbocycles. The number of hydrogen-bond acceptors (Lipinski definition) is 6. The van der Waals surface area contributed by atoms with Crippen LogP contribution in [0.3, 0.4) is 0 Å². The third-order valence-electron chi connectivity index (χ3n) is 3.57. The topological polar surface area (TPSA) is 101 Å². The predicted molar refractivity (Wildman–Crippen MR) is 100 cm³/mol. The molecule has 134 valence electrons. The van der Waals surface area contributed by atoms with Crippen LogP contribution in [-0.4, -0.2) is 28.5 Å². The van der Waals surface area contributed by atoms with Gasteiger partial charge in [0.2, 0.25) is 5.43 Å². The minimum absolute atomic E-state index is 0.0784. The van der Waals surface area contributed by atoms with Crippen LogP contribution < -0.4 is 10.7 Å². The van der Waals surface area contributed by atoms with Gasteiger partial charge in [0.05, 0.1) is 12.3 Å². The first kappa shape index (κ1) is 18.1. The molecule has 3 rings (SSSR count). The highest BCUT2D eigenvalue weighted by atomic mass is 35.5. The number of halogens is 1. The number of aromatic amines is 1. The SMILES string of the molecule is CCOC(=O)c1sc(NC(=O)c2c[nH]c3ccc(Cl)cc3c2=O)nc1C. The highest BCUT2D eigenvalue weighted by Crippen LogP contribution is 2.24. The number of aryl methyl sites for hydroxylation is 1. The average molecular weight is 392 g/mol. The van der Waals surface area contributed by atoms with Gasteiger partial charge in [0.15, 0.2) is 5.13 Å². The number of hydrogen-bond donors (Lipinski definition) is 2. The summed E-state index contributed by atoms with van der Waals surface area (Å²) in [5.41, 5.74) is 0.497. The van der Waals surface area contributed by atoms with E-state index in [4.69, 9.17) is 16.3 Å². The standard InChI is InChI=1S/C17H14ClN3O4S/c1-3-25-16(24)14-8(2)20-17(26-14)21-15(23)11-7-19-12-5-4-9(18)6-10(12)13(11)22/h4-7H,3H2,1-2H3,(H,19,22)(H,20,21,23). The van der Waals surface area contributed by atoms with Gasteiger partial charge >= 0.3 is 5.97 Å². The number of carbonyl (C=O) groups is 2. The lowest BCUT2D eigenvalue weighted by Gasteiger charge is -2.04. The third kappa shape index (κ3) is 3.47. The Bertz CT molecular complexity index is 1070. The van der Waals surface area contributed by atoms with E-state index in [1.54, 1.807) is 26.0 Å². The Kier molecular flexibility index (Phi) is 5.06. The van der Waals surface area contributed by atoms with Gasteiger partial charge in [0.1, 0.15) is 10.4 Å². The molecule has 0 radical (unpaired) electrons. The molecule has 9 heteroatoms. The molecule has 0 spiro atoms. The maximum atomic E-state index is 12.5. The van der Waals surface area contributed by atoms with Crippen molar-refractivity contribution in [3.05, 3.63) is 55.8 Å². The zero-order valence-electron chi connectivity index (χ0n) is 13.9. The van der Waals surface area contributed by atoms with Gasteiger partial charge in [0, 0.05) is 22.1 Å². The molecule has 0 aliphatic rings. The number of rotatable bonds is 4. The number of amides is 1. The summed E-state index contributed by atoms with van der Waals surface area (Å²) < 4.78 is 4.94. The van der Waals surface area contributed by atoms with Crippen LogP contribution >= 0.6 is 22.9 Å². The summed E-state index contributed by atoms with van der Waals surface area (Å²) in [4.78, 5) is 44.2. The molecule has 1 amide bonds. The normalized spacial score (nSPS) is 10.7. The van der Waals surface area contributed by atoms with Gasteiger partial charge in [-0.1, -0.05) is 22.9 Å². The van der Waals surface area contributed by atoms with E-state index < -0.39 is 17.3 Å². The maximum Gasteiger partial charge on any atom is 0.350 e. The Morgan fingerprint density at radius 2 is 2.15 bits per heavy atom. The van der Waals surface area contributed by atoms with Crippen LogP contribution in [0.2, 0.25) is 5.02 Å². The van der Waals surface area contributed by atoms with Crippen LogP contribution in [0.1, 0.15) is 32.6 Å². The van der Waals surface area contributed by atoms with Gasteiger partial charge in [0.25, 0.3) is 5.91 Å². The van der Waals surface area contributed by atoms with Crippen molar-refractivity contribution in [2.75, 3.05) is 11.9 Å². The van der Waals surface area contributed by atoms with Crippen LogP contribution in [0.15, 0.2) is 29.2 Å². The molecule has 0 aliphatic heterocycles. The Morgan fingerprint density at radius 3 is 2.88 bits per heavy atom. The van der Waals surface area contributed by atoms with Crippen LogP contribution in [0, 0.1) is 6.92 Å². The molecule has 7 nitrogen and oxygen atoms in total. The fraction of sp³-hybridized carbons (Fsp3) is 0.176. The number of esters is 1. The largest absolute Gasteiger partial charge is 0.462 e. The molecule has 0 aliphatic carbocycles. The average Bonchev–Trinajstić information content (AvgIpc) is 2.96. The zero-order chi connectivity index (χ0) is 18.8. The van der Waals surface area contributed by atoms with Gasteiger partial charge in [-0.25, -0.2) is 9.78 Å². The Balaban J connectivity index is 1.90. The summed E-state index contributed by atoms with van der Waals surface area (Å²) in [5.74, 6) is -1.13. The number of benzene rings is 1. The van der Waals surface area contributed by atoms with E-state index >= 15 is 0 Å². The van der Waals surface area contributed by atoms with Crippen LogP contribution in [-0.2, 0) is 4.74 Å². The fourth-order valence-electron chi connectivity index (χ4n) is 2.36. The number of nitrogens with one attached hydrogen (secondary N) is 2. The quantitative estimate of drug-likeness (QED) is 0.664. The van der Waals surface area contributed by atoms with Crippen molar-refractivity contribution in [1.29, 1.82) is 0 Å². The second-order valence-electron chi connectivity index (χ2n) is 5.33. The third-order valence-corrected chi connectivity index (χ3v) is 4.85. The van der Waals surface area contributed by atoms with Crippen LogP contribution in [0.4, 0.5) is 5.13 Å². The number of fused-ring (bicyclic) bond motifs is 1. The van der Waals surface area contributed by atoms with E-state index in [9.17, 15) is 14.4 Å². The second-order valence-corrected chi connectivity index (χ2v) is 6.77. The molecular formula is C17H14ClN3O4S. The summed E-state index contributed by atoms with van der Waals surface area (Å²) in [6.07, 6.45) is 1.33. The fourth-order valence-corrected chi connectivity index (χ4v) is 3.39. The van der Waals surface area contributed by atoms with Crippen molar-refractivity contribution in [3.63, 3.8) is 0 Å². The van der Waals surface area contributed by atoms with Gasteiger partial charge in [-0.2, -0.15) is 0 Å². The summed E-state index contributed by atoms with van der Waals surface area (Å²) in [6.45, 7) is 3.59. The van der Waals surface area contributed by atoms with E-state index in [1.807, 2.05) is 0 Å². The summed E-state index contributed by atoms with van der Waals surface area (Å²) in [5, 5.41) is 3.46. The van der Waals surface area contributed by atoms with Crippen molar-refractivity contribution in [2.45, 2.75) is 13.8 Å². The Labute approximate surface area is 157 Å². The molecule has 0 atom stereocenters. The van der Waals surface area contributed by atoms with Gasteiger partial charge < -0.3 is 9.72 Å². The molecule has 2 aromatic heterocycles. The number of carbonyl (C=O) groups excluding carboxylic acids is 2. The van der Waals surface area contributed by atoms with Crippen molar-refractivity contribution in [2.24, 2.45) is 0 Å². The Hall–Kier alpha value is -2.71. The number of nitrogens with zero attached hydrogens (tertiary/aromatic N) is 1. The molecule has 0 saturated carbocycles. The first-order chi connectivity index (χ1) is 12.4. The molecule has 3 aromatic rings. The molecule has 26 heavy (non-hydrogen) atoms. The summed E-state index contributed by atoms with van der Waals surface area (Å²) >= 11 is 6.91. The molecule has 0 fully saturated rings. The summed E-state index contributed by atoms with van der Waals surface area (Å²) in [7, 11) is 0. The number of thiazole rings is 1. The van der Waals surface area contributed by atoms with E-state index in [1.165, 1.54) is 12.3 Å².